The van der Waals surface area contributed by atoms with E-state index in [1.165, 1.54) is 0 Å². The van der Waals surface area contributed by atoms with Crippen LogP contribution in [0.3, 0.4) is 0 Å². The molecule has 0 amide bonds. The van der Waals surface area contributed by atoms with Crippen LogP contribution in [0.1, 0.15) is 12.8 Å². The molecular formula is C9H18N4O. The molecule has 0 saturated carbocycles. The Balaban J connectivity index is 2.00. The number of hydrogen-bond donors (Lipinski definition) is 4. The third kappa shape index (κ3) is 1.68. The number of ketones is 1. The van der Waals surface area contributed by atoms with Crippen molar-refractivity contribution in [2.75, 3.05) is 13.1 Å². The van der Waals surface area contributed by atoms with Crippen molar-refractivity contribution < 1.29 is 4.79 Å². The molecule has 0 aromatic heterocycles. The standard InChI is InChI=1S/C9H18N4O/c10-5-1-3-12-7(5)9(14)8-6(11)2-4-13-8/h5-8,12-13H,1-4,10-11H2. The summed E-state index contributed by atoms with van der Waals surface area (Å²) in [6, 6.07) is -0.484. The molecule has 2 saturated heterocycles. The number of carbonyl (C=O) groups is 1. The molecule has 2 heterocycles. The first-order valence-electron chi connectivity index (χ1n) is 5.22. The summed E-state index contributed by atoms with van der Waals surface area (Å²) in [5.41, 5.74) is 11.7. The Labute approximate surface area is 83.6 Å². The van der Waals surface area contributed by atoms with Crippen molar-refractivity contribution in [2.24, 2.45) is 11.5 Å². The molecule has 0 aliphatic carbocycles. The minimum absolute atomic E-state index is 0.0444. The first kappa shape index (κ1) is 10.0. The molecule has 5 nitrogen and oxygen atoms in total. The molecule has 0 aromatic rings. The van der Waals surface area contributed by atoms with Gasteiger partial charge in [-0.1, -0.05) is 0 Å². The van der Waals surface area contributed by atoms with Crippen molar-refractivity contribution in [2.45, 2.75) is 37.0 Å². The molecule has 4 unspecified atom stereocenters. The molecule has 2 rings (SSSR count). The van der Waals surface area contributed by atoms with E-state index in [9.17, 15) is 4.79 Å². The van der Waals surface area contributed by atoms with Crippen molar-refractivity contribution in [3.05, 3.63) is 0 Å². The van der Waals surface area contributed by atoms with Crippen LogP contribution in [0.2, 0.25) is 0 Å². The summed E-state index contributed by atoms with van der Waals surface area (Å²) in [4.78, 5) is 12.0. The van der Waals surface area contributed by atoms with Crippen molar-refractivity contribution >= 4 is 5.78 Å². The van der Waals surface area contributed by atoms with Gasteiger partial charge < -0.3 is 22.1 Å². The number of nitrogens with two attached hydrogens (primary N) is 2. The SMILES string of the molecule is NC1CCNC1C(=O)C1NCCC1N. The fourth-order valence-corrected chi connectivity index (χ4v) is 2.26. The van der Waals surface area contributed by atoms with E-state index < -0.39 is 0 Å². The highest BCUT2D eigenvalue weighted by Crippen LogP contribution is 2.12. The summed E-state index contributed by atoms with van der Waals surface area (Å²) in [5.74, 6) is 0.139. The third-order valence-corrected chi connectivity index (χ3v) is 3.15. The maximum Gasteiger partial charge on any atom is 0.169 e. The monoisotopic (exact) mass is 198 g/mol. The molecular weight excluding hydrogens is 180 g/mol. The molecule has 0 bridgehead atoms. The fraction of sp³-hybridized carbons (Fsp3) is 0.889. The second-order valence-electron chi connectivity index (χ2n) is 4.17. The first-order chi connectivity index (χ1) is 6.70. The maximum absolute atomic E-state index is 12.0. The lowest BCUT2D eigenvalue weighted by Crippen LogP contribution is -2.54. The highest BCUT2D eigenvalue weighted by atomic mass is 16.1. The highest BCUT2D eigenvalue weighted by molar-refractivity contribution is 5.91. The average molecular weight is 198 g/mol. The largest absolute Gasteiger partial charge is 0.326 e. The van der Waals surface area contributed by atoms with Gasteiger partial charge in [-0.05, 0) is 25.9 Å². The van der Waals surface area contributed by atoms with E-state index in [1.54, 1.807) is 0 Å². The second kappa shape index (κ2) is 3.94. The topological polar surface area (TPSA) is 93.2 Å². The molecule has 0 aromatic carbocycles. The van der Waals surface area contributed by atoms with Gasteiger partial charge in [-0.2, -0.15) is 0 Å². The predicted molar refractivity (Wildman–Crippen MR) is 53.8 cm³/mol. The van der Waals surface area contributed by atoms with Gasteiger partial charge in [-0.3, -0.25) is 4.79 Å². The number of Topliss-reactive ketones (excluding diaryl/α,β-unsaturated/α-hetero) is 1. The van der Waals surface area contributed by atoms with Crippen LogP contribution in [-0.2, 0) is 4.79 Å². The molecule has 80 valence electrons. The van der Waals surface area contributed by atoms with Crippen LogP contribution >= 0.6 is 0 Å². The Morgan fingerprint density at radius 2 is 1.43 bits per heavy atom. The summed E-state index contributed by atoms with van der Waals surface area (Å²) < 4.78 is 0. The molecule has 0 radical (unpaired) electrons. The van der Waals surface area contributed by atoms with Crippen molar-refractivity contribution in [3.63, 3.8) is 0 Å². The Kier molecular flexibility index (Phi) is 2.83. The molecule has 0 spiro atoms. The van der Waals surface area contributed by atoms with Crippen molar-refractivity contribution in [3.8, 4) is 0 Å². The first-order valence-corrected chi connectivity index (χ1v) is 5.22. The zero-order chi connectivity index (χ0) is 10.1. The normalized spacial score (nSPS) is 43.0. The summed E-state index contributed by atoms with van der Waals surface area (Å²) in [6.45, 7) is 1.67. The number of nitrogens with one attached hydrogen (secondary N) is 2. The van der Waals surface area contributed by atoms with Crippen LogP contribution in [0.5, 0.6) is 0 Å². The van der Waals surface area contributed by atoms with E-state index >= 15 is 0 Å². The van der Waals surface area contributed by atoms with Crippen LogP contribution in [0.15, 0.2) is 0 Å². The molecule has 6 N–H and O–H groups in total. The highest BCUT2D eigenvalue weighted by Gasteiger charge is 2.38. The predicted octanol–water partition coefficient (Wildman–Crippen LogP) is -2.07. The van der Waals surface area contributed by atoms with Crippen LogP contribution in [0.25, 0.3) is 0 Å². The third-order valence-electron chi connectivity index (χ3n) is 3.15. The van der Waals surface area contributed by atoms with Crippen LogP contribution in [-0.4, -0.2) is 43.0 Å². The van der Waals surface area contributed by atoms with Gasteiger partial charge in [0.25, 0.3) is 0 Å². The van der Waals surface area contributed by atoms with Crippen LogP contribution in [0, 0.1) is 0 Å². The zero-order valence-electron chi connectivity index (χ0n) is 8.20. The summed E-state index contributed by atoms with van der Waals surface area (Å²) in [6.07, 6.45) is 1.75. The van der Waals surface area contributed by atoms with Gasteiger partial charge in [0.05, 0.1) is 12.1 Å². The molecule has 4 atom stereocenters. The van der Waals surface area contributed by atoms with Crippen LogP contribution < -0.4 is 22.1 Å². The Morgan fingerprint density at radius 1 is 1.00 bits per heavy atom. The number of carbonyl (C=O) groups excluding carboxylic acids is 1. The molecule has 2 fully saturated rings. The Morgan fingerprint density at radius 3 is 1.71 bits per heavy atom. The summed E-state index contributed by atoms with van der Waals surface area (Å²) >= 11 is 0. The lowest BCUT2D eigenvalue weighted by atomic mass is 9.97. The lowest BCUT2D eigenvalue weighted by Gasteiger charge is -2.21. The van der Waals surface area contributed by atoms with Crippen molar-refractivity contribution in [1.82, 2.24) is 10.6 Å². The Bertz CT molecular complexity index is 211. The number of rotatable bonds is 2. The summed E-state index contributed by atoms with van der Waals surface area (Å²) in [5, 5.41) is 6.27. The average Bonchev–Trinajstić information content (AvgIpc) is 2.73. The maximum atomic E-state index is 12.0. The minimum atomic E-state index is -0.198. The van der Waals surface area contributed by atoms with Gasteiger partial charge in [0.1, 0.15) is 0 Å². The minimum Gasteiger partial charge on any atom is -0.326 e. The van der Waals surface area contributed by atoms with Gasteiger partial charge in [0, 0.05) is 12.1 Å². The van der Waals surface area contributed by atoms with E-state index in [1.807, 2.05) is 0 Å². The van der Waals surface area contributed by atoms with Crippen LogP contribution in [0.4, 0.5) is 0 Å². The molecule has 14 heavy (non-hydrogen) atoms. The quantitative estimate of drug-likeness (QED) is 0.409. The molecule has 2 aliphatic rings. The van der Waals surface area contributed by atoms with Gasteiger partial charge in [0.15, 0.2) is 5.78 Å². The van der Waals surface area contributed by atoms with E-state index in [4.69, 9.17) is 11.5 Å². The van der Waals surface area contributed by atoms with Gasteiger partial charge in [-0.25, -0.2) is 0 Å². The number of hydrogen-bond acceptors (Lipinski definition) is 5. The van der Waals surface area contributed by atoms with E-state index in [0.29, 0.717) is 0 Å². The van der Waals surface area contributed by atoms with E-state index in [2.05, 4.69) is 10.6 Å². The van der Waals surface area contributed by atoms with Gasteiger partial charge in [-0.15, -0.1) is 0 Å². The van der Waals surface area contributed by atoms with Gasteiger partial charge in [0.2, 0.25) is 0 Å². The fourth-order valence-electron chi connectivity index (χ4n) is 2.26. The Hall–Kier alpha value is -0.490. The summed E-state index contributed by atoms with van der Waals surface area (Å²) in [7, 11) is 0. The van der Waals surface area contributed by atoms with Crippen molar-refractivity contribution in [1.29, 1.82) is 0 Å². The molecule has 5 heteroatoms. The second-order valence-corrected chi connectivity index (χ2v) is 4.17. The molecule has 2 aliphatic heterocycles. The lowest BCUT2D eigenvalue weighted by molar-refractivity contribution is -0.122. The van der Waals surface area contributed by atoms with Gasteiger partial charge >= 0.3 is 0 Å². The van der Waals surface area contributed by atoms with E-state index in [-0.39, 0.29) is 30.0 Å². The zero-order valence-corrected chi connectivity index (χ0v) is 8.20. The smallest absolute Gasteiger partial charge is 0.169 e. The van der Waals surface area contributed by atoms with E-state index in [0.717, 1.165) is 25.9 Å².